The largest absolute Gasteiger partial charge is 0.419 e. The van der Waals surface area contributed by atoms with Crippen LogP contribution in [-0.4, -0.2) is 19.4 Å². The molecule has 1 saturated carbocycles. The van der Waals surface area contributed by atoms with Crippen molar-refractivity contribution in [2.45, 2.75) is 28.8 Å². The van der Waals surface area contributed by atoms with Crippen molar-refractivity contribution in [3.8, 4) is 11.5 Å². The number of sulfone groups is 1. The lowest BCUT2D eigenvalue weighted by Gasteiger charge is -2.04. The standard InChI is InChI=1S/C18H14F2N2O3S/c19-11-5-9-13(10-6-11)26(23,24)18-17(21-12-7-8-12)25-16(22-18)14-3-1-2-4-15(14)20/h1-6,9-10,12,21H,7-8H2. The van der Waals surface area contributed by atoms with Gasteiger partial charge in [-0.15, -0.1) is 0 Å². The lowest BCUT2D eigenvalue weighted by atomic mass is 10.2. The molecule has 1 aliphatic rings. The molecule has 0 aliphatic heterocycles. The summed E-state index contributed by atoms with van der Waals surface area (Å²) >= 11 is 0. The summed E-state index contributed by atoms with van der Waals surface area (Å²) in [7, 11) is -4.06. The van der Waals surface area contributed by atoms with Gasteiger partial charge in [-0.1, -0.05) is 12.1 Å². The Morgan fingerprint density at radius 1 is 1.04 bits per heavy atom. The van der Waals surface area contributed by atoms with Crippen molar-refractivity contribution in [2.24, 2.45) is 0 Å². The van der Waals surface area contributed by atoms with E-state index in [4.69, 9.17) is 4.42 Å². The Hall–Kier alpha value is -2.74. The van der Waals surface area contributed by atoms with E-state index in [0.29, 0.717) is 0 Å². The smallest absolute Gasteiger partial charge is 0.234 e. The van der Waals surface area contributed by atoms with Crippen molar-refractivity contribution >= 4 is 15.7 Å². The maximum atomic E-state index is 14.0. The minimum atomic E-state index is -4.06. The number of nitrogens with zero attached hydrogens (tertiary/aromatic N) is 1. The van der Waals surface area contributed by atoms with Gasteiger partial charge in [-0.3, -0.25) is 0 Å². The van der Waals surface area contributed by atoms with E-state index in [1.54, 1.807) is 6.07 Å². The molecular weight excluding hydrogens is 362 g/mol. The van der Waals surface area contributed by atoms with E-state index in [0.717, 1.165) is 37.1 Å². The maximum Gasteiger partial charge on any atom is 0.234 e. The van der Waals surface area contributed by atoms with Crippen LogP contribution in [0.2, 0.25) is 0 Å². The molecule has 0 bridgehead atoms. The highest BCUT2D eigenvalue weighted by atomic mass is 32.2. The van der Waals surface area contributed by atoms with Crippen molar-refractivity contribution < 1.29 is 21.6 Å². The molecule has 0 spiro atoms. The summed E-state index contributed by atoms with van der Waals surface area (Å²) < 4.78 is 58.6. The van der Waals surface area contributed by atoms with Gasteiger partial charge in [-0.25, -0.2) is 17.2 Å². The van der Waals surface area contributed by atoms with Gasteiger partial charge in [-0.2, -0.15) is 4.98 Å². The van der Waals surface area contributed by atoms with Crippen LogP contribution in [0.15, 0.2) is 62.9 Å². The SMILES string of the molecule is O=S(=O)(c1ccc(F)cc1)c1nc(-c2ccccc2F)oc1NC1CC1. The number of aromatic nitrogens is 1. The molecule has 1 heterocycles. The van der Waals surface area contributed by atoms with Crippen molar-refractivity contribution in [1.29, 1.82) is 0 Å². The fraction of sp³-hybridized carbons (Fsp3) is 0.167. The van der Waals surface area contributed by atoms with Crippen LogP contribution in [0, 0.1) is 11.6 Å². The van der Waals surface area contributed by atoms with Gasteiger partial charge in [0.2, 0.25) is 26.6 Å². The molecule has 1 fully saturated rings. The number of halogens is 2. The Labute approximate surface area is 148 Å². The van der Waals surface area contributed by atoms with Crippen molar-refractivity contribution in [3.05, 3.63) is 60.2 Å². The Bertz CT molecular complexity index is 1060. The van der Waals surface area contributed by atoms with Crippen LogP contribution < -0.4 is 5.32 Å². The Morgan fingerprint density at radius 3 is 2.38 bits per heavy atom. The van der Waals surface area contributed by atoms with Crippen molar-refractivity contribution in [3.63, 3.8) is 0 Å². The Balaban J connectivity index is 1.83. The van der Waals surface area contributed by atoms with E-state index in [1.165, 1.54) is 18.2 Å². The summed E-state index contributed by atoms with van der Waals surface area (Å²) in [6, 6.07) is 10.3. The number of rotatable bonds is 5. The minimum absolute atomic E-state index is 0.0323. The van der Waals surface area contributed by atoms with Crippen LogP contribution in [0.4, 0.5) is 14.7 Å². The lowest BCUT2D eigenvalue weighted by Crippen LogP contribution is -2.08. The summed E-state index contributed by atoms with van der Waals surface area (Å²) in [5.41, 5.74) is 0.0619. The predicted octanol–water partition coefficient (Wildman–Crippen LogP) is 4.03. The molecule has 5 nitrogen and oxygen atoms in total. The van der Waals surface area contributed by atoms with Crippen LogP contribution in [0.3, 0.4) is 0 Å². The van der Waals surface area contributed by atoms with E-state index < -0.39 is 21.5 Å². The molecule has 134 valence electrons. The van der Waals surface area contributed by atoms with Gasteiger partial charge in [0.1, 0.15) is 11.6 Å². The average molecular weight is 376 g/mol. The second kappa shape index (κ2) is 6.21. The number of oxazole rings is 1. The first-order valence-electron chi connectivity index (χ1n) is 7.98. The zero-order valence-electron chi connectivity index (χ0n) is 13.4. The molecule has 0 atom stereocenters. The van der Waals surface area contributed by atoms with Crippen LogP contribution in [0.1, 0.15) is 12.8 Å². The highest BCUT2D eigenvalue weighted by molar-refractivity contribution is 7.91. The Kier molecular flexibility index (Phi) is 3.99. The fourth-order valence-electron chi connectivity index (χ4n) is 2.47. The lowest BCUT2D eigenvalue weighted by molar-refractivity contribution is 0.567. The van der Waals surface area contributed by atoms with E-state index in [1.807, 2.05) is 0 Å². The number of anilines is 1. The zero-order chi connectivity index (χ0) is 18.3. The third-order valence-corrected chi connectivity index (χ3v) is 5.67. The van der Waals surface area contributed by atoms with E-state index in [9.17, 15) is 17.2 Å². The molecule has 0 saturated heterocycles. The molecule has 0 radical (unpaired) electrons. The van der Waals surface area contributed by atoms with Crippen LogP contribution >= 0.6 is 0 Å². The molecule has 0 amide bonds. The average Bonchev–Trinajstić information content (AvgIpc) is 3.32. The van der Waals surface area contributed by atoms with Gasteiger partial charge in [0, 0.05) is 6.04 Å². The normalized spacial score (nSPS) is 14.4. The van der Waals surface area contributed by atoms with Gasteiger partial charge >= 0.3 is 0 Å². The first kappa shape index (κ1) is 16.7. The molecule has 1 N–H and O–H groups in total. The first-order chi connectivity index (χ1) is 12.4. The number of hydrogen-bond donors (Lipinski definition) is 1. The Morgan fingerprint density at radius 2 is 1.73 bits per heavy atom. The molecule has 8 heteroatoms. The van der Waals surface area contributed by atoms with E-state index >= 15 is 0 Å². The van der Waals surface area contributed by atoms with Gasteiger partial charge in [0.15, 0.2) is 0 Å². The van der Waals surface area contributed by atoms with E-state index in [-0.39, 0.29) is 33.3 Å². The van der Waals surface area contributed by atoms with Crippen LogP contribution in [-0.2, 0) is 9.84 Å². The molecular formula is C18H14F2N2O3S. The summed E-state index contributed by atoms with van der Waals surface area (Å²) in [6.45, 7) is 0. The van der Waals surface area contributed by atoms with Crippen molar-refractivity contribution in [1.82, 2.24) is 4.98 Å². The van der Waals surface area contributed by atoms with Crippen molar-refractivity contribution in [2.75, 3.05) is 5.32 Å². The third kappa shape index (κ3) is 3.08. The number of nitrogens with one attached hydrogen (secondary N) is 1. The van der Waals surface area contributed by atoms with Crippen LogP contribution in [0.5, 0.6) is 0 Å². The second-order valence-corrected chi connectivity index (χ2v) is 7.87. The zero-order valence-corrected chi connectivity index (χ0v) is 14.3. The summed E-state index contributed by atoms with van der Waals surface area (Å²) in [6.07, 6.45) is 1.76. The predicted molar refractivity (Wildman–Crippen MR) is 90.4 cm³/mol. The summed E-state index contributed by atoms with van der Waals surface area (Å²) in [5, 5.41) is 2.64. The number of benzene rings is 2. The topological polar surface area (TPSA) is 72.2 Å². The van der Waals surface area contributed by atoms with Gasteiger partial charge < -0.3 is 9.73 Å². The molecule has 1 aliphatic carbocycles. The fourth-order valence-corrected chi connectivity index (χ4v) is 3.73. The van der Waals surface area contributed by atoms with Gasteiger partial charge in [-0.05, 0) is 49.2 Å². The monoisotopic (exact) mass is 376 g/mol. The second-order valence-electron chi connectivity index (χ2n) is 6.01. The quantitative estimate of drug-likeness (QED) is 0.681. The van der Waals surface area contributed by atoms with Gasteiger partial charge in [0.25, 0.3) is 0 Å². The molecule has 0 unspecified atom stereocenters. The summed E-state index contributed by atoms with van der Waals surface area (Å²) in [5.74, 6) is -1.29. The maximum absolute atomic E-state index is 14.0. The molecule has 4 rings (SSSR count). The highest BCUT2D eigenvalue weighted by Crippen LogP contribution is 2.36. The number of hydrogen-bond acceptors (Lipinski definition) is 5. The molecule has 2 aromatic carbocycles. The molecule has 1 aromatic heterocycles. The molecule has 26 heavy (non-hydrogen) atoms. The molecule has 3 aromatic rings. The van der Waals surface area contributed by atoms with Crippen LogP contribution in [0.25, 0.3) is 11.5 Å². The third-order valence-electron chi connectivity index (χ3n) is 3.99. The highest BCUT2D eigenvalue weighted by Gasteiger charge is 2.32. The van der Waals surface area contributed by atoms with Gasteiger partial charge in [0.05, 0.1) is 10.5 Å². The first-order valence-corrected chi connectivity index (χ1v) is 9.46. The minimum Gasteiger partial charge on any atom is -0.419 e. The van der Waals surface area contributed by atoms with E-state index in [2.05, 4.69) is 10.3 Å². The summed E-state index contributed by atoms with van der Waals surface area (Å²) in [4.78, 5) is 3.92.